The van der Waals surface area contributed by atoms with Gasteiger partial charge in [-0.25, -0.2) is 0 Å². The molecular formula is C20H27N3O2. The van der Waals surface area contributed by atoms with E-state index in [1.807, 2.05) is 4.90 Å². The second-order valence-corrected chi connectivity index (χ2v) is 7.28. The summed E-state index contributed by atoms with van der Waals surface area (Å²) in [5.41, 5.74) is 5.06. The van der Waals surface area contributed by atoms with Crippen LogP contribution in [-0.2, 0) is 16.1 Å². The molecule has 2 aromatic rings. The number of nitrogens with zero attached hydrogens (tertiary/aromatic N) is 2. The number of H-pyrrole nitrogens is 1. The molecule has 1 amide bonds. The van der Waals surface area contributed by atoms with Crippen LogP contribution in [0.3, 0.4) is 0 Å². The lowest BCUT2D eigenvalue weighted by atomic mass is 10.1. The Bertz CT molecular complexity index is 777. The van der Waals surface area contributed by atoms with E-state index in [2.05, 4.69) is 41.9 Å². The number of carbonyl (C=O) groups excluding carboxylic acids is 1. The first-order valence-corrected chi connectivity index (χ1v) is 9.32. The Balaban J connectivity index is 1.55. The largest absolute Gasteiger partial charge is 0.378 e. The second kappa shape index (κ2) is 6.81. The molecule has 1 aromatic carbocycles. The standard InChI is InChI=1S/C20H27N3O2/c1-14-15(2)21-19-16(5-3-6-17(14)19)13-23-8-4-7-18(23)20(24)22-9-11-25-12-10-22/h3,5-6,18,21H,4,7-13H2,1-2H3/t18-/m0/s1. The molecule has 5 heteroatoms. The Hall–Kier alpha value is -1.85. The highest BCUT2D eigenvalue weighted by atomic mass is 16.5. The summed E-state index contributed by atoms with van der Waals surface area (Å²) in [6, 6.07) is 6.52. The van der Waals surface area contributed by atoms with Gasteiger partial charge in [0.05, 0.1) is 24.8 Å². The van der Waals surface area contributed by atoms with E-state index in [0.29, 0.717) is 13.2 Å². The van der Waals surface area contributed by atoms with Crippen LogP contribution in [0.4, 0.5) is 0 Å². The number of nitrogens with one attached hydrogen (secondary N) is 1. The van der Waals surface area contributed by atoms with Gasteiger partial charge in [-0.1, -0.05) is 18.2 Å². The van der Waals surface area contributed by atoms with Crippen LogP contribution >= 0.6 is 0 Å². The highest BCUT2D eigenvalue weighted by molar-refractivity contribution is 5.87. The first-order valence-electron chi connectivity index (χ1n) is 9.32. The van der Waals surface area contributed by atoms with E-state index in [9.17, 15) is 4.79 Å². The van der Waals surface area contributed by atoms with Gasteiger partial charge < -0.3 is 14.6 Å². The van der Waals surface area contributed by atoms with Crippen LogP contribution in [0.25, 0.3) is 10.9 Å². The molecule has 1 N–H and O–H groups in total. The van der Waals surface area contributed by atoms with Gasteiger partial charge in [0.15, 0.2) is 0 Å². The first-order chi connectivity index (χ1) is 12.1. The average molecular weight is 341 g/mol. The zero-order valence-corrected chi connectivity index (χ0v) is 15.2. The summed E-state index contributed by atoms with van der Waals surface area (Å²) in [6.07, 6.45) is 2.06. The van der Waals surface area contributed by atoms with Gasteiger partial charge in [0.2, 0.25) is 5.91 Å². The van der Waals surface area contributed by atoms with Crippen molar-refractivity contribution in [1.29, 1.82) is 0 Å². The van der Waals surface area contributed by atoms with Crippen LogP contribution < -0.4 is 0 Å². The number of hydrogen-bond acceptors (Lipinski definition) is 3. The fourth-order valence-electron chi connectivity index (χ4n) is 4.18. The number of amides is 1. The smallest absolute Gasteiger partial charge is 0.240 e. The predicted molar refractivity (Wildman–Crippen MR) is 98.6 cm³/mol. The lowest BCUT2D eigenvalue weighted by Gasteiger charge is -2.32. The molecule has 0 bridgehead atoms. The highest BCUT2D eigenvalue weighted by Gasteiger charge is 2.34. The van der Waals surface area contributed by atoms with Crippen molar-refractivity contribution in [3.8, 4) is 0 Å². The number of para-hydroxylation sites is 1. The number of aromatic amines is 1. The summed E-state index contributed by atoms with van der Waals surface area (Å²) in [7, 11) is 0. The molecule has 134 valence electrons. The van der Waals surface area contributed by atoms with Crippen molar-refractivity contribution in [2.75, 3.05) is 32.8 Å². The third-order valence-electron chi connectivity index (χ3n) is 5.77. The van der Waals surface area contributed by atoms with Crippen LogP contribution in [0.1, 0.15) is 29.7 Å². The summed E-state index contributed by atoms with van der Waals surface area (Å²) < 4.78 is 5.39. The predicted octanol–water partition coefficient (Wildman–Crippen LogP) is 2.61. The molecule has 0 unspecified atom stereocenters. The van der Waals surface area contributed by atoms with Crippen molar-refractivity contribution < 1.29 is 9.53 Å². The van der Waals surface area contributed by atoms with Crippen LogP contribution in [0.2, 0.25) is 0 Å². The van der Waals surface area contributed by atoms with Gasteiger partial charge in [-0.3, -0.25) is 9.69 Å². The zero-order chi connectivity index (χ0) is 17.4. The Morgan fingerprint density at radius 2 is 2.04 bits per heavy atom. The number of fused-ring (bicyclic) bond motifs is 1. The van der Waals surface area contributed by atoms with E-state index in [1.54, 1.807) is 0 Å². The summed E-state index contributed by atoms with van der Waals surface area (Å²) in [5, 5.41) is 1.30. The number of aromatic nitrogens is 1. The van der Waals surface area contributed by atoms with Crippen LogP contribution in [0.5, 0.6) is 0 Å². The van der Waals surface area contributed by atoms with Crippen molar-refractivity contribution in [3.63, 3.8) is 0 Å². The molecule has 2 fully saturated rings. The minimum absolute atomic E-state index is 0.0190. The van der Waals surface area contributed by atoms with E-state index in [4.69, 9.17) is 4.74 Å². The van der Waals surface area contributed by atoms with Gasteiger partial charge in [-0.15, -0.1) is 0 Å². The van der Waals surface area contributed by atoms with E-state index >= 15 is 0 Å². The number of carbonyl (C=O) groups is 1. The average Bonchev–Trinajstić information content (AvgIpc) is 3.21. The minimum atomic E-state index is 0.0190. The van der Waals surface area contributed by atoms with Crippen LogP contribution in [-0.4, -0.2) is 59.6 Å². The van der Waals surface area contributed by atoms with E-state index in [-0.39, 0.29) is 11.9 Å². The lowest BCUT2D eigenvalue weighted by Crippen LogP contribution is -2.49. The number of likely N-dealkylation sites (tertiary alicyclic amines) is 1. The highest BCUT2D eigenvalue weighted by Crippen LogP contribution is 2.28. The molecule has 4 rings (SSSR count). The summed E-state index contributed by atoms with van der Waals surface area (Å²) in [5.74, 6) is 0.284. The third kappa shape index (κ3) is 3.07. The molecule has 2 saturated heterocycles. The quantitative estimate of drug-likeness (QED) is 0.934. The van der Waals surface area contributed by atoms with Crippen molar-refractivity contribution in [2.24, 2.45) is 0 Å². The molecule has 2 aliphatic heterocycles. The molecule has 5 nitrogen and oxygen atoms in total. The second-order valence-electron chi connectivity index (χ2n) is 7.28. The monoisotopic (exact) mass is 341 g/mol. The maximum atomic E-state index is 12.9. The molecular weight excluding hydrogens is 314 g/mol. The molecule has 0 spiro atoms. The fraction of sp³-hybridized carbons (Fsp3) is 0.550. The van der Waals surface area contributed by atoms with E-state index < -0.39 is 0 Å². The third-order valence-corrected chi connectivity index (χ3v) is 5.77. The number of benzene rings is 1. The molecule has 0 aliphatic carbocycles. The van der Waals surface area contributed by atoms with Gasteiger partial charge in [0.25, 0.3) is 0 Å². The molecule has 25 heavy (non-hydrogen) atoms. The number of rotatable bonds is 3. The Morgan fingerprint density at radius 3 is 2.84 bits per heavy atom. The van der Waals surface area contributed by atoms with Gasteiger partial charge in [0, 0.05) is 30.7 Å². The summed E-state index contributed by atoms with van der Waals surface area (Å²) >= 11 is 0. The SMILES string of the molecule is Cc1[nH]c2c(CN3CCC[C@H]3C(=O)N3CCOCC3)cccc2c1C. The van der Waals surface area contributed by atoms with Gasteiger partial charge in [0.1, 0.15) is 0 Å². The van der Waals surface area contributed by atoms with Gasteiger partial charge >= 0.3 is 0 Å². The number of aryl methyl sites for hydroxylation is 2. The van der Waals surface area contributed by atoms with Crippen molar-refractivity contribution >= 4 is 16.8 Å². The molecule has 3 heterocycles. The molecule has 0 saturated carbocycles. The number of morpholine rings is 1. The van der Waals surface area contributed by atoms with E-state index in [0.717, 1.165) is 39.0 Å². The molecule has 2 aliphatic rings. The Morgan fingerprint density at radius 1 is 1.24 bits per heavy atom. The Kier molecular flexibility index (Phi) is 4.52. The summed E-state index contributed by atoms with van der Waals surface area (Å²) in [4.78, 5) is 20.8. The molecule has 0 radical (unpaired) electrons. The lowest BCUT2D eigenvalue weighted by molar-refractivity contribution is -0.140. The van der Waals surface area contributed by atoms with E-state index in [1.165, 1.54) is 27.7 Å². The zero-order valence-electron chi connectivity index (χ0n) is 15.2. The summed E-state index contributed by atoms with van der Waals surface area (Å²) in [6.45, 7) is 8.91. The topological polar surface area (TPSA) is 48.6 Å². The minimum Gasteiger partial charge on any atom is -0.378 e. The van der Waals surface area contributed by atoms with Crippen molar-refractivity contribution in [2.45, 2.75) is 39.3 Å². The normalized spacial score (nSPS) is 22.0. The van der Waals surface area contributed by atoms with Crippen molar-refractivity contribution in [1.82, 2.24) is 14.8 Å². The molecule has 1 aromatic heterocycles. The maximum Gasteiger partial charge on any atom is 0.240 e. The van der Waals surface area contributed by atoms with Crippen molar-refractivity contribution in [3.05, 3.63) is 35.0 Å². The maximum absolute atomic E-state index is 12.9. The fourth-order valence-corrected chi connectivity index (χ4v) is 4.18. The number of ether oxygens (including phenoxy) is 1. The molecule has 1 atom stereocenters. The van der Waals surface area contributed by atoms with Gasteiger partial charge in [-0.2, -0.15) is 0 Å². The number of hydrogen-bond donors (Lipinski definition) is 1. The van der Waals surface area contributed by atoms with Gasteiger partial charge in [-0.05, 0) is 44.4 Å². The Labute approximate surface area is 148 Å². The van der Waals surface area contributed by atoms with Crippen LogP contribution in [0.15, 0.2) is 18.2 Å². The first kappa shape index (κ1) is 16.6. The van der Waals surface area contributed by atoms with Crippen LogP contribution in [0, 0.1) is 13.8 Å².